The van der Waals surface area contributed by atoms with Crippen LogP contribution < -0.4 is 5.32 Å². The molecule has 2 rings (SSSR count). The van der Waals surface area contributed by atoms with E-state index in [1.807, 2.05) is 12.1 Å². The summed E-state index contributed by atoms with van der Waals surface area (Å²) in [6.45, 7) is 8.42. The minimum Gasteiger partial charge on any atom is -0.381 e. The summed E-state index contributed by atoms with van der Waals surface area (Å²) in [5.74, 6) is -0.285. The van der Waals surface area contributed by atoms with E-state index in [2.05, 4.69) is 26.1 Å². The number of hydrogen-bond donors (Lipinski definition) is 1. The average Bonchev–Trinajstić information content (AvgIpc) is 2.40. The molecule has 2 nitrogen and oxygen atoms in total. The van der Waals surface area contributed by atoms with Crippen LogP contribution in [0.1, 0.15) is 39.2 Å². The van der Waals surface area contributed by atoms with Crippen LogP contribution in [0, 0.1) is 5.82 Å². The predicted octanol–water partition coefficient (Wildman–Crippen LogP) is 3.92. The molecule has 0 aromatic heterocycles. The van der Waals surface area contributed by atoms with E-state index in [1.54, 1.807) is 6.07 Å². The molecule has 0 amide bonds. The molecule has 0 unspecified atom stereocenters. The lowest BCUT2D eigenvalue weighted by Gasteiger charge is -2.40. The summed E-state index contributed by atoms with van der Waals surface area (Å²) in [5.41, 5.74) is 0.478. The molecule has 112 valence electrons. The molecule has 20 heavy (non-hydrogen) atoms. The molecule has 1 saturated heterocycles. The van der Waals surface area contributed by atoms with E-state index in [9.17, 15) is 4.39 Å². The van der Waals surface area contributed by atoms with Gasteiger partial charge in [0, 0.05) is 30.7 Å². The van der Waals surface area contributed by atoms with E-state index in [-0.39, 0.29) is 21.8 Å². The van der Waals surface area contributed by atoms with Crippen molar-refractivity contribution in [2.75, 3.05) is 19.8 Å². The zero-order valence-corrected chi connectivity index (χ0v) is 13.2. The van der Waals surface area contributed by atoms with Gasteiger partial charge in [0.2, 0.25) is 0 Å². The molecular weight excluding hydrogens is 277 g/mol. The number of halogens is 2. The van der Waals surface area contributed by atoms with Gasteiger partial charge >= 0.3 is 0 Å². The van der Waals surface area contributed by atoms with Gasteiger partial charge in [-0.15, -0.1) is 0 Å². The first-order valence-corrected chi connectivity index (χ1v) is 7.49. The molecule has 1 fully saturated rings. The highest BCUT2D eigenvalue weighted by molar-refractivity contribution is 6.30. The summed E-state index contributed by atoms with van der Waals surface area (Å²) in [6, 6.07) is 5.29. The van der Waals surface area contributed by atoms with Crippen molar-refractivity contribution in [2.45, 2.75) is 44.6 Å². The second-order valence-corrected chi connectivity index (χ2v) is 7.00. The largest absolute Gasteiger partial charge is 0.381 e. The Bertz CT molecular complexity index is 464. The third-order valence-corrected chi connectivity index (χ3v) is 4.22. The van der Waals surface area contributed by atoms with Gasteiger partial charge in [0.25, 0.3) is 0 Å². The number of benzene rings is 1. The minimum absolute atomic E-state index is 0.000353. The standard InChI is InChI=1S/C16H23ClFNO/c1-15(2,3)19-11-16(7-9-20-10-8-16)12-5-4-6-13(17)14(12)18/h4-6,19H,7-11H2,1-3H3. The molecule has 1 N–H and O–H groups in total. The lowest BCUT2D eigenvalue weighted by atomic mass is 9.73. The first-order chi connectivity index (χ1) is 9.34. The van der Waals surface area contributed by atoms with Crippen molar-refractivity contribution in [1.82, 2.24) is 5.32 Å². The van der Waals surface area contributed by atoms with Crippen molar-refractivity contribution in [1.29, 1.82) is 0 Å². The fourth-order valence-corrected chi connectivity index (χ4v) is 2.83. The van der Waals surface area contributed by atoms with Gasteiger partial charge in [-0.2, -0.15) is 0 Å². The lowest BCUT2D eigenvalue weighted by molar-refractivity contribution is 0.0464. The molecule has 0 atom stereocenters. The summed E-state index contributed by atoms with van der Waals surface area (Å²) in [6.07, 6.45) is 1.63. The zero-order valence-electron chi connectivity index (χ0n) is 12.4. The molecular formula is C16H23ClFNO. The Balaban J connectivity index is 2.33. The van der Waals surface area contributed by atoms with Crippen molar-refractivity contribution in [3.63, 3.8) is 0 Å². The Morgan fingerprint density at radius 3 is 2.55 bits per heavy atom. The van der Waals surface area contributed by atoms with E-state index in [0.717, 1.165) is 19.4 Å². The first-order valence-electron chi connectivity index (χ1n) is 7.11. The van der Waals surface area contributed by atoms with E-state index < -0.39 is 0 Å². The number of ether oxygens (including phenoxy) is 1. The summed E-state index contributed by atoms with van der Waals surface area (Å²) < 4.78 is 19.9. The SMILES string of the molecule is CC(C)(C)NCC1(c2cccc(Cl)c2F)CCOCC1. The molecule has 1 aliphatic heterocycles. The third kappa shape index (κ3) is 3.51. The van der Waals surface area contributed by atoms with Crippen LogP contribution in [-0.2, 0) is 10.2 Å². The van der Waals surface area contributed by atoms with Gasteiger partial charge in [-0.05, 0) is 45.2 Å². The van der Waals surface area contributed by atoms with Gasteiger partial charge in [-0.1, -0.05) is 23.7 Å². The van der Waals surface area contributed by atoms with Crippen LogP contribution in [0.4, 0.5) is 4.39 Å². The van der Waals surface area contributed by atoms with Crippen LogP contribution in [0.5, 0.6) is 0 Å². The summed E-state index contributed by atoms with van der Waals surface area (Å²) in [5, 5.41) is 3.71. The van der Waals surface area contributed by atoms with Crippen LogP contribution in [-0.4, -0.2) is 25.3 Å². The molecule has 1 aromatic carbocycles. The maximum Gasteiger partial charge on any atom is 0.145 e. The van der Waals surface area contributed by atoms with E-state index in [1.165, 1.54) is 0 Å². The van der Waals surface area contributed by atoms with Crippen LogP contribution >= 0.6 is 11.6 Å². The molecule has 1 heterocycles. The van der Waals surface area contributed by atoms with Gasteiger partial charge in [-0.25, -0.2) is 4.39 Å². The second kappa shape index (κ2) is 6.00. The topological polar surface area (TPSA) is 21.3 Å². The number of hydrogen-bond acceptors (Lipinski definition) is 2. The fourth-order valence-electron chi connectivity index (χ4n) is 2.65. The quantitative estimate of drug-likeness (QED) is 0.913. The van der Waals surface area contributed by atoms with Gasteiger partial charge < -0.3 is 10.1 Å². The first kappa shape index (κ1) is 15.7. The van der Waals surface area contributed by atoms with Crippen LogP contribution in [0.2, 0.25) is 5.02 Å². The fraction of sp³-hybridized carbons (Fsp3) is 0.625. The summed E-state index contributed by atoms with van der Waals surface area (Å²) in [7, 11) is 0. The normalized spacial score (nSPS) is 19.1. The van der Waals surface area contributed by atoms with Crippen molar-refractivity contribution in [3.8, 4) is 0 Å². The molecule has 0 saturated carbocycles. The minimum atomic E-state index is -0.285. The smallest absolute Gasteiger partial charge is 0.145 e. The third-order valence-electron chi connectivity index (χ3n) is 3.93. The second-order valence-electron chi connectivity index (χ2n) is 6.60. The Labute approximate surface area is 125 Å². The van der Waals surface area contributed by atoms with Gasteiger partial charge in [0.05, 0.1) is 5.02 Å². The molecule has 1 aromatic rings. The predicted molar refractivity (Wildman–Crippen MR) is 80.9 cm³/mol. The molecule has 0 aliphatic carbocycles. The van der Waals surface area contributed by atoms with Crippen molar-refractivity contribution in [2.24, 2.45) is 0 Å². The van der Waals surface area contributed by atoms with Crippen LogP contribution in [0.25, 0.3) is 0 Å². The molecule has 0 radical (unpaired) electrons. The maximum absolute atomic E-state index is 14.5. The van der Waals surface area contributed by atoms with Gasteiger partial charge in [0.1, 0.15) is 5.82 Å². The number of nitrogens with one attached hydrogen (secondary N) is 1. The van der Waals surface area contributed by atoms with Gasteiger partial charge in [-0.3, -0.25) is 0 Å². The molecule has 1 aliphatic rings. The highest BCUT2D eigenvalue weighted by atomic mass is 35.5. The maximum atomic E-state index is 14.5. The lowest BCUT2D eigenvalue weighted by Crippen LogP contribution is -2.49. The summed E-state index contributed by atoms with van der Waals surface area (Å²) >= 11 is 5.96. The van der Waals surface area contributed by atoms with Gasteiger partial charge in [0.15, 0.2) is 0 Å². The van der Waals surface area contributed by atoms with Crippen molar-refractivity contribution < 1.29 is 9.13 Å². The monoisotopic (exact) mass is 299 g/mol. The van der Waals surface area contributed by atoms with Crippen molar-refractivity contribution in [3.05, 3.63) is 34.6 Å². The van der Waals surface area contributed by atoms with E-state index in [4.69, 9.17) is 16.3 Å². The average molecular weight is 300 g/mol. The number of rotatable bonds is 3. The van der Waals surface area contributed by atoms with Crippen molar-refractivity contribution >= 4 is 11.6 Å². The van der Waals surface area contributed by atoms with Crippen LogP contribution in [0.3, 0.4) is 0 Å². The summed E-state index contributed by atoms with van der Waals surface area (Å²) in [4.78, 5) is 0. The van der Waals surface area contributed by atoms with E-state index >= 15 is 0 Å². The zero-order chi connectivity index (χ0) is 14.8. The highest BCUT2D eigenvalue weighted by Gasteiger charge is 2.37. The molecule has 0 spiro atoms. The molecule has 0 bridgehead atoms. The molecule has 4 heteroatoms. The Morgan fingerprint density at radius 1 is 1.30 bits per heavy atom. The Morgan fingerprint density at radius 2 is 1.95 bits per heavy atom. The van der Waals surface area contributed by atoms with E-state index in [0.29, 0.717) is 18.8 Å². The highest BCUT2D eigenvalue weighted by Crippen LogP contribution is 2.37. The Hall–Kier alpha value is -0.640. The van der Waals surface area contributed by atoms with Crippen LogP contribution in [0.15, 0.2) is 18.2 Å². The Kier molecular flexibility index (Phi) is 4.73.